The molecule has 2 rings (SSSR count). The Morgan fingerprint density at radius 3 is 2.23 bits per heavy atom. The number of Topliss-reactive ketones (excluding diaryl/α,β-unsaturated/α-hetero) is 1. The summed E-state index contributed by atoms with van der Waals surface area (Å²) in [6, 6.07) is 0. The number of hydrogen-bond donors (Lipinski definition) is 0. The van der Waals surface area contributed by atoms with Crippen LogP contribution in [0.4, 0.5) is 0 Å². The van der Waals surface area contributed by atoms with Crippen LogP contribution in [-0.4, -0.2) is 42.0 Å². The van der Waals surface area contributed by atoms with Gasteiger partial charge in [0.25, 0.3) is 0 Å². The summed E-state index contributed by atoms with van der Waals surface area (Å²) < 4.78 is 17.4. The molecule has 0 bridgehead atoms. The number of fused-ring (bicyclic) bond motifs is 1. The zero-order valence-corrected chi connectivity index (χ0v) is 22.5. The van der Waals surface area contributed by atoms with Crippen molar-refractivity contribution in [3.8, 4) is 0 Å². The van der Waals surface area contributed by atoms with Gasteiger partial charge in [-0.15, -0.1) is 0 Å². The van der Waals surface area contributed by atoms with Gasteiger partial charge in [-0.3, -0.25) is 14.4 Å². The zero-order valence-electron chi connectivity index (χ0n) is 22.5. The van der Waals surface area contributed by atoms with Crippen LogP contribution in [0.25, 0.3) is 0 Å². The van der Waals surface area contributed by atoms with Gasteiger partial charge in [0.15, 0.2) is 6.10 Å². The van der Waals surface area contributed by atoms with Gasteiger partial charge in [-0.05, 0) is 50.0 Å². The van der Waals surface area contributed by atoms with Crippen LogP contribution >= 0.6 is 0 Å². The average Bonchev–Trinajstić information content (AvgIpc) is 3.11. The molecule has 0 saturated heterocycles. The van der Waals surface area contributed by atoms with E-state index in [2.05, 4.69) is 6.58 Å². The van der Waals surface area contributed by atoms with Gasteiger partial charge in [-0.25, -0.2) is 4.79 Å². The summed E-state index contributed by atoms with van der Waals surface area (Å²) in [6.07, 6.45) is 0.720. The second kappa shape index (κ2) is 12.0. The predicted octanol–water partition coefficient (Wildman–Crippen LogP) is 4.83. The summed E-state index contributed by atoms with van der Waals surface area (Å²) in [4.78, 5) is 50.6. The molecule has 8 unspecified atom stereocenters. The number of rotatable bonds is 9. The molecule has 0 radical (unpaired) electrons. The summed E-state index contributed by atoms with van der Waals surface area (Å²) in [6.45, 7) is 18.8. The van der Waals surface area contributed by atoms with Crippen molar-refractivity contribution in [3.05, 3.63) is 23.8 Å². The average molecular weight is 491 g/mol. The van der Waals surface area contributed by atoms with Crippen LogP contribution in [0.15, 0.2) is 23.8 Å². The second-order valence-corrected chi connectivity index (χ2v) is 10.5. The molecule has 8 atom stereocenters. The van der Waals surface area contributed by atoms with Crippen LogP contribution in [0.3, 0.4) is 0 Å². The highest BCUT2D eigenvalue weighted by atomic mass is 16.6. The SMILES string of the molecule is C=C1C2CC(=O)C(C(C)OC(C)=O)C2C(C(C)C)C(OC(=O)C(C)CC)C1OC(=O)C=C(C)CC. The van der Waals surface area contributed by atoms with Crippen molar-refractivity contribution in [1.82, 2.24) is 0 Å². The lowest BCUT2D eigenvalue weighted by molar-refractivity contribution is -0.182. The normalized spacial score (nSPS) is 30.5. The molecule has 0 heterocycles. The van der Waals surface area contributed by atoms with Crippen molar-refractivity contribution in [1.29, 1.82) is 0 Å². The number of esters is 3. The molecule has 0 amide bonds. The quantitative estimate of drug-likeness (QED) is 0.198. The Hall–Kier alpha value is -2.44. The Morgan fingerprint density at radius 2 is 1.71 bits per heavy atom. The molecule has 0 aromatic rings. The van der Waals surface area contributed by atoms with Gasteiger partial charge in [0.1, 0.15) is 18.0 Å². The molecule has 2 fully saturated rings. The first kappa shape index (κ1) is 28.8. The van der Waals surface area contributed by atoms with Crippen molar-refractivity contribution < 1.29 is 33.4 Å². The standard InChI is InChI=1S/C28H42O7/c1-10-15(5)12-22(31)34-26-17(7)20-13-21(30)24(18(8)33-19(9)29)25(20)23(14(3)4)27(26)35-28(32)16(6)11-2/h12,14,16,18,20,23-27H,7,10-11,13H2,1-6,8-9H3. The smallest absolute Gasteiger partial charge is 0.331 e. The summed E-state index contributed by atoms with van der Waals surface area (Å²) in [5.41, 5.74) is 1.45. The summed E-state index contributed by atoms with van der Waals surface area (Å²) in [5.74, 6) is -3.02. The Kier molecular flexibility index (Phi) is 9.87. The van der Waals surface area contributed by atoms with E-state index in [0.717, 1.165) is 5.57 Å². The van der Waals surface area contributed by atoms with E-state index in [1.807, 2.05) is 34.6 Å². The van der Waals surface area contributed by atoms with E-state index in [1.165, 1.54) is 13.0 Å². The fraction of sp³-hybridized carbons (Fsp3) is 0.714. The number of ether oxygens (including phenoxy) is 3. The molecule has 2 saturated carbocycles. The number of allylic oxidation sites excluding steroid dienone is 1. The number of ketones is 1. The van der Waals surface area contributed by atoms with Crippen molar-refractivity contribution >= 4 is 23.7 Å². The van der Waals surface area contributed by atoms with Crippen LogP contribution in [0, 0.1) is 35.5 Å². The van der Waals surface area contributed by atoms with E-state index in [9.17, 15) is 19.2 Å². The first-order chi connectivity index (χ1) is 16.3. The zero-order chi connectivity index (χ0) is 26.6. The van der Waals surface area contributed by atoms with E-state index in [-0.39, 0.29) is 47.8 Å². The number of hydrogen-bond acceptors (Lipinski definition) is 7. The van der Waals surface area contributed by atoms with Crippen molar-refractivity contribution in [2.45, 2.75) is 93.0 Å². The minimum absolute atomic E-state index is 0.00242. The molecule has 7 heteroatoms. The van der Waals surface area contributed by atoms with Crippen LogP contribution in [0.2, 0.25) is 0 Å². The predicted molar refractivity (Wildman–Crippen MR) is 132 cm³/mol. The monoisotopic (exact) mass is 490 g/mol. The van der Waals surface area contributed by atoms with Gasteiger partial charge in [0, 0.05) is 25.3 Å². The molecular formula is C28H42O7. The lowest BCUT2D eigenvalue weighted by atomic mass is 9.62. The minimum atomic E-state index is -0.861. The highest BCUT2D eigenvalue weighted by molar-refractivity contribution is 5.86. The highest BCUT2D eigenvalue weighted by Crippen LogP contribution is 2.54. The maximum Gasteiger partial charge on any atom is 0.331 e. The molecule has 7 nitrogen and oxygen atoms in total. The van der Waals surface area contributed by atoms with Gasteiger partial charge in [-0.2, -0.15) is 0 Å². The molecule has 196 valence electrons. The molecule has 0 N–H and O–H groups in total. The van der Waals surface area contributed by atoms with Crippen molar-refractivity contribution in [2.24, 2.45) is 35.5 Å². The second-order valence-electron chi connectivity index (χ2n) is 10.5. The number of carbonyl (C=O) groups excluding carboxylic acids is 4. The van der Waals surface area contributed by atoms with E-state index in [0.29, 0.717) is 18.4 Å². The maximum atomic E-state index is 13.2. The molecule has 2 aliphatic rings. The van der Waals surface area contributed by atoms with Crippen LogP contribution in [0.1, 0.15) is 74.7 Å². The van der Waals surface area contributed by atoms with Gasteiger partial charge in [0.2, 0.25) is 0 Å². The summed E-state index contributed by atoms with van der Waals surface area (Å²) >= 11 is 0. The van der Waals surface area contributed by atoms with E-state index in [1.54, 1.807) is 13.8 Å². The Bertz CT molecular complexity index is 871. The van der Waals surface area contributed by atoms with Crippen molar-refractivity contribution in [3.63, 3.8) is 0 Å². The third kappa shape index (κ3) is 6.42. The number of carbonyl (C=O) groups is 4. The largest absolute Gasteiger partial charge is 0.462 e. The van der Waals surface area contributed by atoms with Crippen LogP contribution in [-0.2, 0) is 33.4 Å². The first-order valence-electron chi connectivity index (χ1n) is 12.8. The third-order valence-electron chi connectivity index (χ3n) is 7.70. The van der Waals surface area contributed by atoms with Crippen LogP contribution in [0.5, 0.6) is 0 Å². The minimum Gasteiger partial charge on any atom is -0.462 e. The molecule has 0 spiro atoms. The van der Waals surface area contributed by atoms with E-state index in [4.69, 9.17) is 14.2 Å². The Labute approximate surface area is 209 Å². The summed E-state index contributed by atoms with van der Waals surface area (Å²) in [7, 11) is 0. The third-order valence-corrected chi connectivity index (χ3v) is 7.70. The topological polar surface area (TPSA) is 96.0 Å². The van der Waals surface area contributed by atoms with Gasteiger partial charge in [0.05, 0.1) is 11.8 Å². The fourth-order valence-electron chi connectivity index (χ4n) is 5.58. The summed E-state index contributed by atoms with van der Waals surface area (Å²) in [5, 5.41) is 0. The van der Waals surface area contributed by atoms with E-state index < -0.39 is 36.2 Å². The van der Waals surface area contributed by atoms with E-state index >= 15 is 0 Å². The molecule has 35 heavy (non-hydrogen) atoms. The lowest BCUT2D eigenvalue weighted by Crippen LogP contribution is -2.55. The van der Waals surface area contributed by atoms with Gasteiger partial charge < -0.3 is 14.2 Å². The van der Waals surface area contributed by atoms with Gasteiger partial charge in [-0.1, -0.05) is 46.8 Å². The molecule has 2 aliphatic carbocycles. The Balaban J connectivity index is 2.55. The molecule has 0 aromatic heterocycles. The maximum absolute atomic E-state index is 13.2. The highest BCUT2D eigenvalue weighted by Gasteiger charge is 2.59. The lowest BCUT2D eigenvalue weighted by Gasteiger charge is -2.48. The van der Waals surface area contributed by atoms with Crippen LogP contribution < -0.4 is 0 Å². The van der Waals surface area contributed by atoms with Crippen molar-refractivity contribution in [2.75, 3.05) is 0 Å². The fourth-order valence-corrected chi connectivity index (χ4v) is 5.58. The molecule has 0 aliphatic heterocycles. The molecular weight excluding hydrogens is 448 g/mol. The molecule has 0 aromatic carbocycles. The first-order valence-corrected chi connectivity index (χ1v) is 12.8. The van der Waals surface area contributed by atoms with Gasteiger partial charge >= 0.3 is 17.9 Å². The Morgan fingerprint density at radius 1 is 1.09 bits per heavy atom.